The summed E-state index contributed by atoms with van der Waals surface area (Å²) in [5.74, 6) is 0.515. The Morgan fingerprint density at radius 2 is 1.70 bits per heavy atom. The number of para-hydroxylation sites is 1. The van der Waals surface area contributed by atoms with Crippen LogP contribution in [0.2, 0.25) is 10.0 Å². The minimum atomic E-state index is -0.293. The van der Waals surface area contributed by atoms with Gasteiger partial charge in [0.15, 0.2) is 11.0 Å². The van der Waals surface area contributed by atoms with E-state index in [1.54, 1.807) is 18.2 Å². The van der Waals surface area contributed by atoms with Crippen molar-refractivity contribution in [2.75, 3.05) is 5.75 Å². The Labute approximate surface area is 205 Å². The van der Waals surface area contributed by atoms with Gasteiger partial charge in [-0.2, -0.15) is 5.10 Å². The van der Waals surface area contributed by atoms with Crippen LogP contribution < -0.4 is 5.43 Å². The molecular weight excluding hydrogens is 477 g/mol. The minimum absolute atomic E-state index is 0.104. The Morgan fingerprint density at radius 3 is 2.39 bits per heavy atom. The van der Waals surface area contributed by atoms with Crippen LogP contribution in [-0.2, 0) is 4.79 Å². The Hall–Kier alpha value is -3.13. The van der Waals surface area contributed by atoms with Crippen molar-refractivity contribution in [1.82, 2.24) is 20.2 Å². The molecule has 1 heterocycles. The van der Waals surface area contributed by atoms with Crippen molar-refractivity contribution in [2.45, 2.75) is 12.1 Å². The number of carbonyl (C=O) groups excluding carboxylic acids is 1. The number of thioether (sulfide) groups is 1. The fourth-order valence-electron chi connectivity index (χ4n) is 3.03. The van der Waals surface area contributed by atoms with E-state index >= 15 is 0 Å². The van der Waals surface area contributed by atoms with Gasteiger partial charge in [0.05, 0.1) is 22.0 Å². The smallest absolute Gasteiger partial charge is 0.250 e. The lowest BCUT2D eigenvalue weighted by Gasteiger charge is -2.10. The number of rotatable bonds is 7. The van der Waals surface area contributed by atoms with Gasteiger partial charge in [0.25, 0.3) is 5.91 Å². The first-order valence-electron chi connectivity index (χ1n) is 9.99. The summed E-state index contributed by atoms with van der Waals surface area (Å²) in [5.41, 5.74) is 6.05. The van der Waals surface area contributed by atoms with Crippen LogP contribution in [-0.4, -0.2) is 32.6 Å². The van der Waals surface area contributed by atoms with Gasteiger partial charge >= 0.3 is 0 Å². The number of hydrogen-bond donors (Lipinski definition) is 1. The van der Waals surface area contributed by atoms with Gasteiger partial charge in [0.1, 0.15) is 0 Å². The molecule has 9 heteroatoms. The number of hydrogen-bond acceptors (Lipinski definition) is 5. The van der Waals surface area contributed by atoms with Gasteiger partial charge in [-0.3, -0.25) is 9.36 Å². The standard InChI is InChI=1S/C24H19Cl2N5OS/c1-16-10-12-17(13-11-16)23-29-30-24(31(23)18-6-3-2-4-7-18)33-15-22(32)28-27-14-19-20(25)8-5-9-21(19)26/h2-14H,15H2,1H3,(H,28,32). The molecule has 0 bridgehead atoms. The molecule has 0 unspecified atom stereocenters. The average molecular weight is 496 g/mol. The van der Waals surface area contributed by atoms with Crippen LogP contribution >= 0.6 is 35.0 Å². The molecule has 0 fully saturated rings. The molecule has 0 aliphatic heterocycles. The van der Waals surface area contributed by atoms with Crippen molar-refractivity contribution >= 4 is 47.1 Å². The molecule has 0 aliphatic rings. The fraction of sp³-hybridized carbons (Fsp3) is 0.0833. The van der Waals surface area contributed by atoms with Gasteiger partial charge in [-0.15, -0.1) is 10.2 Å². The predicted molar refractivity (Wildman–Crippen MR) is 134 cm³/mol. The molecule has 4 rings (SSSR count). The number of nitrogens with one attached hydrogen (secondary N) is 1. The molecule has 1 N–H and O–H groups in total. The quantitative estimate of drug-likeness (QED) is 0.200. The highest BCUT2D eigenvalue weighted by atomic mass is 35.5. The Morgan fingerprint density at radius 1 is 1.00 bits per heavy atom. The molecule has 1 amide bonds. The maximum absolute atomic E-state index is 12.4. The van der Waals surface area contributed by atoms with Gasteiger partial charge in [-0.1, -0.05) is 89.1 Å². The molecule has 6 nitrogen and oxygen atoms in total. The van der Waals surface area contributed by atoms with E-state index in [0.717, 1.165) is 16.8 Å². The highest BCUT2D eigenvalue weighted by Gasteiger charge is 2.17. The Balaban J connectivity index is 1.50. The molecule has 0 saturated heterocycles. The van der Waals surface area contributed by atoms with Crippen molar-refractivity contribution in [3.63, 3.8) is 0 Å². The average Bonchev–Trinajstić information content (AvgIpc) is 3.24. The zero-order valence-electron chi connectivity index (χ0n) is 17.6. The van der Waals surface area contributed by atoms with Crippen LogP contribution in [0.25, 0.3) is 17.1 Å². The third kappa shape index (κ3) is 5.63. The highest BCUT2D eigenvalue weighted by molar-refractivity contribution is 7.99. The molecule has 166 valence electrons. The second kappa shape index (κ2) is 10.7. The van der Waals surface area contributed by atoms with E-state index in [1.807, 2.05) is 66.1 Å². The van der Waals surface area contributed by atoms with Gasteiger partial charge < -0.3 is 0 Å². The van der Waals surface area contributed by atoms with Gasteiger partial charge in [0.2, 0.25) is 0 Å². The molecule has 0 spiro atoms. The van der Waals surface area contributed by atoms with Crippen LogP contribution in [0.15, 0.2) is 83.1 Å². The van der Waals surface area contributed by atoms with Crippen molar-refractivity contribution in [1.29, 1.82) is 0 Å². The van der Waals surface area contributed by atoms with Gasteiger partial charge in [-0.25, -0.2) is 5.43 Å². The number of carbonyl (C=O) groups is 1. The summed E-state index contributed by atoms with van der Waals surface area (Å²) in [6, 6.07) is 23.0. The normalized spacial score (nSPS) is 11.1. The van der Waals surface area contributed by atoms with E-state index < -0.39 is 0 Å². The van der Waals surface area contributed by atoms with Crippen LogP contribution in [0, 0.1) is 6.92 Å². The predicted octanol–water partition coefficient (Wildman–Crippen LogP) is 5.79. The summed E-state index contributed by atoms with van der Waals surface area (Å²) >= 11 is 13.5. The number of nitrogens with zero attached hydrogens (tertiary/aromatic N) is 4. The number of benzene rings is 3. The van der Waals surface area contributed by atoms with Crippen molar-refractivity contribution in [3.05, 3.63) is 94.0 Å². The van der Waals surface area contributed by atoms with Crippen LogP contribution in [0.1, 0.15) is 11.1 Å². The maximum atomic E-state index is 12.4. The number of halogens is 2. The SMILES string of the molecule is Cc1ccc(-c2nnc(SCC(=O)NN=Cc3c(Cl)cccc3Cl)n2-c2ccccc2)cc1. The van der Waals surface area contributed by atoms with E-state index in [4.69, 9.17) is 23.2 Å². The fourth-order valence-corrected chi connectivity index (χ4v) is 4.27. The van der Waals surface area contributed by atoms with E-state index in [0.29, 0.717) is 26.6 Å². The molecule has 0 radical (unpaired) electrons. The first-order chi connectivity index (χ1) is 16.0. The Kier molecular flexibility index (Phi) is 7.44. The van der Waals surface area contributed by atoms with Crippen LogP contribution in [0.3, 0.4) is 0 Å². The first kappa shape index (κ1) is 23.0. The lowest BCUT2D eigenvalue weighted by molar-refractivity contribution is -0.118. The summed E-state index contributed by atoms with van der Waals surface area (Å²) in [7, 11) is 0. The molecule has 33 heavy (non-hydrogen) atoms. The van der Waals surface area contributed by atoms with E-state index in [1.165, 1.54) is 18.0 Å². The molecule has 0 atom stereocenters. The summed E-state index contributed by atoms with van der Waals surface area (Å²) < 4.78 is 1.94. The monoisotopic (exact) mass is 495 g/mol. The molecule has 0 aliphatic carbocycles. The zero-order chi connectivity index (χ0) is 23.2. The van der Waals surface area contributed by atoms with Gasteiger partial charge in [0, 0.05) is 16.8 Å². The highest BCUT2D eigenvalue weighted by Crippen LogP contribution is 2.28. The molecule has 4 aromatic rings. The van der Waals surface area contributed by atoms with Crippen LogP contribution in [0.5, 0.6) is 0 Å². The molecule has 3 aromatic carbocycles. The lowest BCUT2D eigenvalue weighted by atomic mass is 10.1. The number of hydrazone groups is 1. The second-order valence-electron chi connectivity index (χ2n) is 7.06. The lowest BCUT2D eigenvalue weighted by Crippen LogP contribution is -2.20. The third-order valence-electron chi connectivity index (χ3n) is 4.67. The van der Waals surface area contributed by atoms with Crippen LogP contribution in [0.4, 0.5) is 0 Å². The number of aryl methyl sites for hydroxylation is 1. The topological polar surface area (TPSA) is 72.2 Å². The van der Waals surface area contributed by atoms with Crippen molar-refractivity contribution in [2.24, 2.45) is 5.10 Å². The van der Waals surface area contributed by atoms with Gasteiger partial charge in [-0.05, 0) is 31.2 Å². The van der Waals surface area contributed by atoms with Crippen molar-refractivity contribution < 1.29 is 4.79 Å². The largest absolute Gasteiger partial charge is 0.272 e. The number of aromatic nitrogens is 3. The molecular formula is C24H19Cl2N5OS. The van der Waals surface area contributed by atoms with E-state index in [2.05, 4.69) is 20.7 Å². The summed E-state index contributed by atoms with van der Waals surface area (Å²) in [4.78, 5) is 12.4. The summed E-state index contributed by atoms with van der Waals surface area (Å²) in [5, 5.41) is 14.2. The maximum Gasteiger partial charge on any atom is 0.250 e. The first-order valence-corrected chi connectivity index (χ1v) is 11.7. The summed E-state index contributed by atoms with van der Waals surface area (Å²) in [6.45, 7) is 2.04. The second-order valence-corrected chi connectivity index (χ2v) is 8.82. The minimum Gasteiger partial charge on any atom is -0.272 e. The number of amides is 1. The molecule has 0 saturated carbocycles. The zero-order valence-corrected chi connectivity index (χ0v) is 19.9. The van der Waals surface area contributed by atoms with E-state index in [-0.39, 0.29) is 11.7 Å². The van der Waals surface area contributed by atoms with Crippen molar-refractivity contribution in [3.8, 4) is 17.1 Å². The Bertz CT molecular complexity index is 1270. The van der Waals surface area contributed by atoms with E-state index in [9.17, 15) is 4.79 Å². The third-order valence-corrected chi connectivity index (χ3v) is 6.26. The molecule has 1 aromatic heterocycles. The summed E-state index contributed by atoms with van der Waals surface area (Å²) in [6.07, 6.45) is 1.43.